The average molecular weight is 260 g/mol. The van der Waals surface area contributed by atoms with E-state index in [0.29, 0.717) is 18.2 Å². The lowest BCUT2D eigenvalue weighted by molar-refractivity contribution is 0.0697. The molecule has 0 aromatic carbocycles. The summed E-state index contributed by atoms with van der Waals surface area (Å²) < 4.78 is 5.21. The van der Waals surface area contributed by atoms with E-state index in [4.69, 9.17) is 9.84 Å². The average Bonchev–Trinajstić information content (AvgIpc) is 2.42. The van der Waals surface area contributed by atoms with Crippen molar-refractivity contribution in [3.8, 4) is 5.88 Å². The summed E-state index contributed by atoms with van der Waals surface area (Å²) in [7, 11) is 0. The first-order valence-electron chi connectivity index (χ1n) is 5.60. The van der Waals surface area contributed by atoms with Gasteiger partial charge in [-0.25, -0.2) is 19.7 Å². The Balaban J connectivity index is 2.19. The topological polar surface area (TPSA) is 97.2 Å². The first-order valence-corrected chi connectivity index (χ1v) is 5.60. The highest BCUT2D eigenvalue weighted by molar-refractivity contribution is 5.93. The highest BCUT2D eigenvalue weighted by atomic mass is 16.5. The number of anilines is 2. The quantitative estimate of drug-likeness (QED) is 0.844. The van der Waals surface area contributed by atoms with Crippen LogP contribution in [0.25, 0.3) is 0 Å². The van der Waals surface area contributed by atoms with E-state index in [1.165, 1.54) is 12.5 Å². The Kier molecular flexibility index (Phi) is 3.87. The van der Waals surface area contributed by atoms with E-state index in [2.05, 4.69) is 20.3 Å². The third kappa shape index (κ3) is 3.15. The number of pyridine rings is 1. The second-order valence-corrected chi connectivity index (χ2v) is 3.53. The van der Waals surface area contributed by atoms with Crippen molar-refractivity contribution >= 4 is 17.5 Å². The molecule has 7 nitrogen and oxygen atoms in total. The maximum Gasteiger partial charge on any atom is 0.341 e. The smallest absolute Gasteiger partial charge is 0.341 e. The van der Waals surface area contributed by atoms with Crippen LogP contribution in [0, 0.1) is 0 Å². The normalized spacial score (nSPS) is 9.95. The van der Waals surface area contributed by atoms with Gasteiger partial charge in [0.1, 0.15) is 17.7 Å². The Hall–Kier alpha value is -2.70. The Labute approximate surface area is 109 Å². The van der Waals surface area contributed by atoms with Crippen LogP contribution in [0.15, 0.2) is 30.9 Å². The number of carboxylic acids is 1. The fourth-order valence-electron chi connectivity index (χ4n) is 1.41. The van der Waals surface area contributed by atoms with Crippen molar-refractivity contribution in [2.45, 2.75) is 6.92 Å². The Bertz CT molecular complexity index is 571. The summed E-state index contributed by atoms with van der Waals surface area (Å²) in [5.41, 5.74) is 0.612. The molecule has 7 heteroatoms. The van der Waals surface area contributed by atoms with E-state index < -0.39 is 5.97 Å². The minimum Gasteiger partial charge on any atom is -0.478 e. The summed E-state index contributed by atoms with van der Waals surface area (Å²) in [5.74, 6) is -0.371. The minimum atomic E-state index is -1.10. The molecule has 0 saturated carbocycles. The third-order valence-corrected chi connectivity index (χ3v) is 2.23. The second-order valence-electron chi connectivity index (χ2n) is 3.53. The molecule has 0 aliphatic rings. The monoisotopic (exact) mass is 260 g/mol. The van der Waals surface area contributed by atoms with Crippen molar-refractivity contribution in [2.24, 2.45) is 0 Å². The molecule has 2 heterocycles. The first-order chi connectivity index (χ1) is 9.20. The van der Waals surface area contributed by atoms with Gasteiger partial charge in [-0.2, -0.15) is 0 Å². The molecule has 0 fully saturated rings. The fourth-order valence-corrected chi connectivity index (χ4v) is 1.41. The lowest BCUT2D eigenvalue weighted by atomic mass is 10.3. The Morgan fingerprint density at radius 2 is 2.21 bits per heavy atom. The predicted octanol–water partition coefficient (Wildman–Crippen LogP) is 1.71. The largest absolute Gasteiger partial charge is 0.478 e. The Morgan fingerprint density at radius 1 is 1.37 bits per heavy atom. The van der Waals surface area contributed by atoms with Gasteiger partial charge in [0, 0.05) is 12.3 Å². The van der Waals surface area contributed by atoms with Crippen LogP contribution in [0.4, 0.5) is 11.5 Å². The van der Waals surface area contributed by atoms with E-state index >= 15 is 0 Å². The summed E-state index contributed by atoms with van der Waals surface area (Å²) in [6, 6.07) is 3.42. The molecule has 2 aromatic rings. The van der Waals surface area contributed by atoms with Crippen LogP contribution in [-0.4, -0.2) is 32.6 Å². The zero-order valence-corrected chi connectivity index (χ0v) is 10.2. The molecule has 0 saturated heterocycles. The highest BCUT2D eigenvalue weighted by Gasteiger charge is 2.11. The third-order valence-electron chi connectivity index (χ3n) is 2.23. The number of rotatable bonds is 5. The van der Waals surface area contributed by atoms with E-state index in [1.807, 2.05) is 6.92 Å². The molecule has 98 valence electrons. The molecular weight excluding hydrogens is 248 g/mol. The number of nitrogens with one attached hydrogen (secondary N) is 1. The molecule has 2 rings (SSSR count). The van der Waals surface area contributed by atoms with Crippen LogP contribution < -0.4 is 10.1 Å². The van der Waals surface area contributed by atoms with Crippen molar-refractivity contribution in [1.82, 2.24) is 15.0 Å². The van der Waals surface area contributed by atoms with Gasteiger partial charge >= 0.3 is 5.97 Å². The van der Waals surface area contributed by atoms with E-state index in [0.717, 1.165) is 0 Å². The number of aromatic carboxylic acids is 1. The second kappa shape index (κ2) is 5.76. The molecule has 0 amide bonds. The standard InChI is InChI=1S/C12H12N4O3/c1-2-19-10-4-3-8(5-14-10)16-11-9(12(17)18)6-13-7-15-11/h3-7H,2H2,1H3,(H,17,18)(H,13,15,16). The Morgan fingerprint density at radius 3 is 2.84 bits per heavy atom. The summed E-state index contributed by atoms with van der Waals surface area (Å²) >= 11 is 0. The van der Waals surface area contributed by atoms with Crippen molar-refractivity contribution in [3.05, 3.63) is 36.4 Å². The van der Waals surface area contributed by atoms with Gasteiger partial charge in [-0.05, 0) is 13.0 Å². The number of carbonyl (C=O) groups is 1. The molecule has 0 spiro atoms. The maximum absolute atomic E-state index is 11.0. The fraction of sp³-hybridized carbons (Fsp3) is 0.167. The van der Waals surface area contributed by atoms with Gasteiger partial charge in [0.2, 0.25) is 5.88 Å². The molecule has 0 atom stereocenters. The molecule has 19 heavy (non-hydrogen) atoms. The van der Waals surface area contributed by atoms with Crippen LogP contribution in [0.3, 0.4) is 0 Å². The van der Waals surface area contributed by atoms with Crippen LogP contribution in [0.2, 0.25) is 0 Å². The number of hydrogen-bond acceptors (Lipinski definition) is 6. The minimum absolute atomic E-state index is 0.00335. The van der Waals surface area contributed by atoms with Gasteiger partial charge in [0.05, 0.1) is 18.5 Å². The number of nitrogens with zero attached hydrogens (tertiary/aromatic N) is 3. The van der Waals surface area contributed by atoms with E-state index in [-0.39, 0.29) is 11.4 Å². The van der Waals surface area contributed by atoms with Gasteiger partial charge in [0.15, 0.2) is 0 Å². The zero-order chi connectivity index (χ0) is 13.7. The van der Waals surface area contributed by atoms with Gasteiger partial charge in [-0.15, -0.1) is 0 Å². The van der Waals surface area contributed by atoms with E-state index in [9.17, 15) is 4.79 Å². The lowest BCUT2D eigenvalue weighted by Crippen LogP contribution is -2.05. The van der Waals surface area contributed by atoms with Crippen LogP contribution in [0.1, 0.15) is 17.3 Å². The van der Waals surface area contributed by atoms with Gasteiger partial charge in [-0.1, -0.05) is 0 Å². The van der Waals surface area contributed by atoms with Crippen LogP contribution in [-0.2, 0) is 0 Å². The molecule has 0 radical (unpaired) electrons. The summed E-state index contributed by atoms with van der Waals surface area (Å²) in [6.45, 7) is 2.41. The van der Waals surface area contributed by atoms with Crippen LogP contribution >= 0.6 is 0 Å². The van der Waals surface area contributed by atoms with Crippen molar-refractivity contribution in [2.75, 3.05) is 11.9 Å². The lowest BCUT2D eigenvalue weighted by Gasteiger charge is -2.08. The van der Waals surface area contributed by atoms with Crippen molar-refractivity contribution < 1.29 is 14.6 Å². The predicted molar refractivity (Wildman–Crippen MR) is 67.7 cm³/mol. The molecule has 2 aromatic heterocycles. The van der Waals surface area contributed by atoms with Crippen molar-refractivity contribution in [3.63, 3.8) is 0 Å². The van der Waals surface area contributed by atoms with E-state index in [1.54, 1.807) is 18.3 Å². The molecule has 2 N–H and O–H groups in total. The van der Waals surface area contributed by atoms with Gasteiger partial charge in [-0.3, -0.25) is 0 Å². The number of carboxylic acid groups (broad SMARTS) is 1. The summed E-state index contributed by atoms with van der Waals surface area (Å²) in [5, 5.41) is 11.9. The molecule has 0 bridgehead atoms. The number of hydrogen-bond donors (Lipinski definition) is 2. The van der Waals surface area contributed by atoms with Crippen molar-refractivity contribution in [1.29, 1.82) is 0 Å². The highest BCUT2D eigenvalue weighted by Crippen LogP contribution is 2.18. The summed E-state index contributed by atoms with van der Waals surface area (Å²) in [4.78, 5) is 22.6. The number of ether oxygens (including phenoxy) is 1. The van der Waals surface area contributed by atoms with Gasteiger partial charge < -0.3 is 15.2 Å². The summed E-state index contributed by atoms with van der Waals surface area (Å²) in [6.07, 6.45) is 4.05. The van der Waals surface area contributed by atoms with Gasteiger partial charge in [0.25, 0.3) is 0 Å². The first kappa shape index (κ1) is 12.7. The number of aromatic nitrogens is 3. The maximum atomic E-state index is 11.0. The molecular formula is C12H12N4O3. The molecule has 0 unspecified atom stereocenters. The van der Waals surface area contributed by atoms with Crippen LogP contribution in [0.5, 0.6) is 5.88 Å². The molecule has 0 aliphatic carbocycles. The molecule has 0 aliphatic heterocycles. The SMILES string of the molecule is CCOc1ccc(Nc2ncncc2C(=O)O)cn1. The zero-order valence-electron chi connectivity index (χ0n) is 10.2.